The number of alkyl halides is 3. The molecule has 0 aliphatic heterocycles. The fourth-order valence-electron chi connectivity index (χ4n) is 2.90. The lowest BCUT2D eigenvalue weighted by molar-refractivity contribution is -0.137. The predicted molar refractivity (Wildman–Crippen MR) is 110 cm³/mol. The van der Waals surface area contributed by atoms with Gasteiger partial charge in [0.15, 0.2) is 0 Å². The van der Waals surface area contributed by atoms with Crippen LogP contribution in [-0.2, 0) is 17.6 Å². The second-order valence-corrected chi connectivity index (χ2v) is 14.3. The van der Waals surface area contributed by atoms with E-state index in [2.05, 4.69) is 45.5 Å². The van der Waals surface area contributed by atoms with Gasteiger partial charge in [-0.3, -0.25) is 0 Å². The molecule has 0 amide bonds. The number of fused-ring (bicyclic) bond motifs is 1. The predicted octanol–water partition coefficient (Wildman–Crippen LogP) is 6.19. The van der Waals surface area contributed by atoms with Crippen molar-refractivity contribution in [3.05, 3.63) is 47.0 Å². The van der Waals surface area contributed by atoms with Crippen LogP contribution in [0.5, 0.6) is 0 Å². The summed E-state index contributed by atoms with van der Waals surface area (Å²) >= 11 is 3.51. The van der Waals surface area contributed by atoms with Crippen LogP contribution in [-0.4, -0.2) is 29.2 Å². The van der Waals surface area contributed by atoms with Crippen molar-refractivity contribution >= 4 is 34.9 Å². The van der Waals surface area contributed by atoms with Gasteiger partial charge in [0.05, 0.1) is 11.2 Å². The summed E-state index contributed by atoms with van der Waals surface area (Å²) in [6, 6.07) is 6.46. The van der Waals surface area contributed by atoms with Crippen LogP contribution in [0.25, 0.3) is 22.2 Å². The molecule has 0 saturated heterocycles. The van der Waals surface area contributed by atoms with Crippen molar-refractivity contribution in [2.75, 3.05) is 6.61 Å². The minimum atomic E-state index is -4.54. The van der Waals surface area contributed by atoms with Crippen LogP contribution in [0.2, 0.25) is 25.7 Å². The summed E-state index contributed by atoms with van der Waals surface area (Å²) in [5.74, 6) is 0. The summed E-state index contributed by atoms with van der Waals surface area (Å²) in [5.41, 5.74) is 0.192. The lowest BCUT2D eigenvalue weighted by atomic mass is 10.1. The van der Waals surface area contributed by atoms with Crippen LogP contribution >= 0.6 is 15.9 Å². The van der Waals surface area contributed by atoms with Crippen LogP contribution in [0.3, 0.4) is 0 Å². The molecule has 0 unspecified atom stereocenters. The van der Waals surface area contributed by atoms with E-state index >= 15 is 0 Å². The first kappa shape index (κ1) is 21.0. The number of para-hydroxylation sites is 1. The Morgan fingerprint density at radius 3 is 2.64 bits per heavy atom. The molecular weight excluding hydrogens is 451 g/mol. The van der Waals surface area contributed by atoms with Gasteiger partial charge >= 0.3 is 6.18 Å². The third-order valence-electron chi connectivity index (χ3n) is 4.35. The Morgan fingerprint density at radius 2 is 1.96 bits per heavy atom. The SMILES string of the molecule is C[Si](C)(C)CCOCn1cc(-c2ncncc2C(F)(F)F)c2cccc(Br)c21. The zero-order valence-corrected chi connectivity index (χ0v) is 18.4. The topological polar surface area (TPSA) is 39.9 Å². The highest BCUT2D eigenvalue weighted by molar-refractivity contribution is 9.10. The summed E-state index contributed by atoms with van der Waals surface area (Å²) in [5, 5.41) is 0.673. The summed E-state index contributed by atoms with van der Waals surface area (Å²) in [4.78, 5) is 7.50. The van der Waals surface area contributed by atoms with Gasteiger partial charge in [-0.15, -0.1) is 0 Å². The molecule has 0 N–H and O–H groups in total. The van der Waals surface area contributed by atoms with E-state index in [0.29, 0.717) is 17.6 Å². The number of hydrogen-bond acceptors (Lipinski definition) is 3. The molecule has 9 heteroatoms. The number of benzene rings is 1. The summed E-state index contributed by atoms with van der Waals surface area (Å²) in [6.45, 7) is 7.68. The Bertz CT molecular complexity index is 983. The minimum Gasteiger partial charge on any atom is -0.361 e. The normalized spacial score (nSPS) is 12.7. The highest BCUT2D eigenvalue weighted by Crippen LogP contribution is 2.40. The Kier molecular flexibility index (Phi) is 5.97. The van der Waals surface area contributed by atoms with E-state index in [1.807, 2.05) is 10.6 Å². The summed E-state index contributed by atoms with van der Waals surface area (Å²) in [6.07, 6.45) is -0.920. The third kappa shape index (κ3) is 4.64. The maximum absolute atomic E-state index is 13.5. The van der Waals surface area contributed by atoms with Gasteiger partial charge in [-0.05, 0) is 28.0 Å². The molecule has 4 nitrogen and oxygen atoms in total. The van der Waals surface area contributed by atoms with Crippen LogP contribution in [0.1, 0.15) is 5.56 Å². The van der Waals surface area contributed by atoms with Gasteiger partial charge in [-0.1, -0.05) is 31.8 Å². The number of aromatic nitrogens is 3. The molecule has 3 aromatic rings. The van der Waals surface area contributed by atoms with Crippen LogP contribution < -0.4 is 0 Å². The van der Waals surface area contributed by atoms with Crippen molar-refractivity contribution in [2.45, 2.75) is 38.6 Å². The van der Waals surface area contributed by atoms with Gasteiger partial charge in [-0.2, -0.15) is 13.2 Å². The van der Waals surface area contributed by atoms with Crippen LogP contribution in [0.15, 0.2) is 41.4 Å². The minimum absolute atomic E-state index is 0.133. The second kappa shape index (κ2) is 7.96. The molecule has 0 saturated carbocycles. The van der Waals surface area contributed by atoms with E-state index in [4.69, 9.17) is 4.74 Å². The van der Waals surface area contributed by atoms with Crippen molar-refractivity contribution in [1.29, 1.82) is 0 Å². The molecule has 3 rings (SSSR count). The molecule has 1 aromatic carbocycles. The summed E-state index contributed by atoms with van der Waals surface area (Å²) < 4.78 is 48.8. The van der Waals surface area contributed by atoms with Gasteiger partial charge in [0.25, 0.3) is 0 Å². The largest absolute Gasteiger partial charge is 0.419 e. The molecule has 0 aliphatic carbocycles. The monoisotopic (exact) mass is 471 g/mol. The van der Waals surface area contributed by atoms with Gasteiger partial charge in [-0.25, -0.2) is 9.97 Å². The molecule has 0 fully saturated rings. The molecule has 2 aromatic heterocycles. The third-order valence-corrected chi connectivity index (χ3v) is 6.69. The standard InChI is InChI=1S/C19H21BrF3N3OSi/c1-28(2,3)8-7-27-12-26-10-14(13-5-4-6-16(20)18(13)26)17-15(19(21,22)23)9-24-11-25-17/h4-6,9-11H,7-8,12H2,1-3H3. The number of nitrogens with zero attached hydrogens (tertiary/aromatic N) is 3. The van der Waals surface area contributed by atoms with Gasteiger partial charge in [0, 0.05) is 42.5 Å². The zero-order chi connectivity index (χ0) is 20.5. The first-order valence-electron chi connectivity index (χ1n) is 8.80. The molecule has 0 bridgehead atoms. The molecule has 28 heavy (non-hydrogen) atoms. The van der Waals surface area contributed by atoms with Gasteiger partial charge < -0.3 is 9.30 Å². The summed E-state index contributed by atoms with van der Waals surface area (Å²) in [7, 11) is -1.22. The number of rotatable bonds is 6. The fraction of sp³-hybridized carbons (Fsp3) is 0.368. The van der Waals surface area contributed by atoms with E-state index in [9.17, 15) is 13.2 Å². The smallest absolute Gasteiger partial charge is 0.361 e. The molecule has 0 atom stereocenters. The van der Waals surface area contributed by atoms with E-state index in [0.717, 1.165) is 28.6 Å². The first-order chi connectivity index (χ1) is 13.1. The van der Waals surface area contributed by atoms with Crippen LogP contribution in [0.4, 0.5) is 13.2 Å². The quantitative estimate of drug-likeness (QED) is 0.317. The fourth-order valence-corrected chi connectivity index (χ4v) is 4.25. The van der Waals surface area contributed by atoms with Gasteiger partial charge in [0.2, 0.25) is 0 Å². The van der Waals surface area contributed by atoms with Gasteiger partial charge in [0.1, 0.15) is 18.6 Å². The Balaban J connectivity index is 2.03. The number of halogens is 4. The maximum Gasteiger partial charge on any atom is 0.419 e. The highest BCUT2D eigenvalue weighted by atomic mass is 79.9. The van der Waals surface area contributed by atoms with Crippen LogP contribution in [0, 0.1) is 0 Å². The average molecular weight is 472 g/mol. The molecule has 0 aliphatic rings. The molecule has 2 heterocycles. The van der Waals surface area contributed by atoms with Crippen molar-refractivity contribution in [2.24, 2.45) is 0 Å². The molecule has 150 valence electrons. The van der Waals surface area contributed by atoms with E-state index in [-0.39, 0.29) is 12.4 Å². The maximum atomic E-state index is 13.5. The number of ether oxygens (including phenoxy) is 1. The Hall–Kier alpha value is -1.71. The highest BCUT2D eigenvalue weighted by Gasteiger charge is 2.35. The van der Waals surface area contributed by atoms with Crippen molar-refractivity contribution in [1.82, 2.24) is 14.5 Å². The molecule has 0 radical (unpaired) electrons. The van der Waals surface area contributed by atoms with E-state index in [1.165, 1.54) is 0 Å². The Labute approximate surface area is 170 Å². The Morgan fingerprint density at radius 1 is 1.21 bits per heavy atom. The molecule has 0 spiro atoms. The zero-order valence-electron chi connectivity index (χ0n) is 15.8. The lowest BCUT2D eigenvalue weighted by Gasteiger charge is -2.16. The van der Waals surface area contributed by atoms with Crippen molar-refractivity contribution < 1.29 is 17.9 Å². The number of hydrogen-bond donors (Lipinski definition) is 0. The lowest BCUT2D eigenvalue weighted by Crippen LogP contribution is -2.21. The average Bonchev–Trinajstić information content (AvgIpc) is 2.97. The second-order valence-electron chi connectivity index (χ2n) is 7.78. The van der Waals surface area contributed by atoms with E-state index in [1.54, 1.807) is 18.3 Å². The van der Waals surface area contributed by atoms with E-state index < -0.39 is 19.8 Å². The van der Waals surface area contributed by atoms with Crippen molar-refractivity contribution in [3.63, 3.8) is 0 Å². The first-order valence-corrected chi connectivity index (χ1v) is 13.3. The molecular formula is C19H21BrF3N3OSi. The van der Waals surface area contributed by atoms with Crippen molar-refractivity contribution in [3.8, 4) is 11.3 Å².